The number of hydrogen-bond donors (Lipinski definition) is 1. The van der Waals surface area contributed by atoms with E-state index in [-0.39, 0.29) is 23.2 Å². The predicted molar refractivity (Wildman–Crippen MR) is 86.1 cm³/mol. The normalized spacial score (nSPS) is 14.0. The lowest BCUT2D eigenvalue weighted by atomic mass is 10.1. The summed E-state index contributed by atoms with van der Waals surface area (Å²) in [5.74, 6) is 0.270. The average molecular weight is 329 g/mol. The molecule has 0 atom stereocenters. The maximum atomic E-state index is 11.6. The summed E-state index contributed by atoms with van der Waals surface area (Å²) in [6.07, 6.45) is 1.71. The molecule has 0 aromatic carbocycles. The lowest BCUT2D eigenvalue weighted by Crippen LogP contribution is -2.55. The summed E-state index contributed by atoms with van der Waals surface area (Å²) in [6, 6.07) is 8.13. The molecule has 0 spiro atoms. The molecule has 1 saturated heterocycles. The van der Waals surface area contributed by atoms with Gasteiger partial charge in [-0.2, -0.15) is 0 Å². The number of carbonyl (C=O) groups is 1. The molecule has 1 aliphatic rings. The molecule has 3 rings (SSSR count). The third kappa shape index (κ3) is 3.09. The van der Waals surface area contributed by atoms with E-state index in [4.69, 9.17) is 0 Å². The topological polar surface area (TPSA) is 110 Å². The third-order valence-corrected chi connectivity index (χ3v) is 3.66. The number of nitrogens with zero attached hydrogens (tertiary/aromatic N) is 4. The number of anilines is 2. The Bertz CT molecular complexity index is 762. The molecule has 9 heteroatoms. The van der Waals surface area contributed by atoms with Crippen molar-refractivity contribution in [3.8, 4) is 0 Å². The van der Waals surface area contributed by atoms with Gasteiger partial charge >= 0.3 is 11.7 Å². The zero-order chi connectivity index (χ0) is 17.1. The van der Waals surface area contributed by atoms with E-state index in [1.807, 2.05) is 23.1 Å². The molecule has 2 aromatic heterocycles. The Balaban J connectivity index is 1.73. The van der Waals surface area contributed by atoms with E-state index in [1.165, 1.54) is 19.2 Å². The number of pyridine rings is 2. The summed E-state index contributed by atoms with van der Waals surface area (Å²) >= 11 is 0. The molecule has 3 heterocycles. The predicted octanol–water partition coefficient (Wildman–Crippen LogP) is 1.47. The van der Waals surface area contributed by atoms with Gasteiger partial charge in [-0.1, -0.05) is 6.07 Å². The van der Waals surface area contributed by atoms with Gasteiger partial charge in [0.05, 0.1) is 18.1 Å². The van der Waals surface area contributed by atoms with E-state index in [0.717, 1.165) is 5.82 Å². The van der Waals surface area contributed by atoms with Crippen molar-refractivity contribution in [1.82, 2.24) is 9.97 Å². The van der Waals surface area contributed by atoms with Crippen molar-refractivity contribution in [2.24, 2.45) is 0 Å². The fourth-order valence-corrected chi connectivity index (χ4v) is 2.41. The summed E-state index contributed by atoms with van der Waals surface area (Å²) in [5, 5.41) is 14.2. The van der Waals surface area contributed by atoms with Crippen LogP contribution in [-0.4, -0.2) is 47.1 Å². The Kier molecular flexibility index (Phi) is 4.23. The maximum Gasteiger partial charge on any atom is 0.356 e. The first-order valence-corrected chi connectivity index (χ1v) is 7.24. The summed E-state index contributed by atoms with van der Waals surface area (Å²) in [7, 11) is 1.23. The molecule has 1 fully saturated rings. The number of nitrogens with one attached hydrogen (secondary N) is 1. The summed E-state index contributed by atoms with van der Waals surface area (Å²) < 4.78 is 4.60. The minimum atomic E-state index is -0.642. The minimum Gasteiger partial charge on any atom is -0.464 e. The van der Waals surface area contributed by atoms with Crippen LogP contribution in [0.3, 0.4) is 0 Å². The van der Waals surface area contributed by atoms with Gasteiger partial charge in [0.15, 0.2) is 5.69 Å². The number of methoxy groups -OCH3 is 1. The van der Waals surface area contributed by atoms with Crippen molar-refractivity contribution in [3.05, 3.63) is 52.3 Å². The fourth-order valence-electron chi connectivity index (χ4n) is 2.41. The Morgan fingerprint density at radius 3 is 2.79 bits per heavy atom. The lowest BCUT2D eigenvalue weighted by molar-refractivity contribution is -0.384. The van der Waals surface area contributed by atoms with Crippen LogP contribution in [-0.2, 0) is 4.74 Å². The van der Waals surface area contributed by atoms with E-state index in [1.54, 1.807) is 6.20 Å². The zero-order valence-electron chi connectivity index (χ0n) is 12.9. The molecule has 0 bridgehead atoms. The van der Waals surface area contributed by atoms with E-state index < -0.39 is 10.9 Å². The summed E-state index contributed by atoms with van der Waals surface area (Å²) in [6.45, 7) is 1.27. The van der Waals surface area contributed by atoms with Crippen LogP contribution in [0.25, 0.3) is 0 Å². The molecular weight excluding hydrogens is 314 g/mol. The van der Waals surface area contributed by atoms with Crippen molar-refractivity contribution in [2.45, 2.75) is 6.04 Å². The smallest absolute Gasteiger partial charge is 0.356 e. The van der Waals surface area contributed by atoms with Gasteiger partial charge < -0.3 is 15.0 Å². The molecule has 9 nitrogen and oxygen atoms in total. The largest absolute Gasteiger partial charge is 0.464 e. The maximum absolute atomic E-state index is 11.6. The molecule has 124 valence electrons. The number of nitro groups is 1. The summed E-state index contributed by atoms with van der Waals surface area (Å²) in [4.78, 5) is 32.5. The van der Waals surface area contributed by atoms with E-state index in [0.29, 0.717) is 13.1 Å². The summed E-state index contributed by atoms with van der Waals surface area (Å²) in [5.41, 5.74) is -0.162. The number of hydrogen-bond acceptors (Lipinski definition) is 8. The first kappa shape index (κ1) is 15.7. The average Bonchev–Trinajstić information content (AvgIpc) is 2.57. The Morgan fingerprint density at radius 1 is 1.38 bits per heavy atom. The second-order valence-electron chi connectivity index (χ2n) is 5.25. The molecule has 0 aliphatic carbocycles. The second-order valence-corrected chi connectivity index (χ2v) is 5.25. The molecule has 0 saturated carbocycles. The molecule has 24 heavy (non-hydrogen) atoms. The monoisotopic (exact) mass is 329 g/mol. The van der Waals surface area contributed by atoms with Gasteiger partial charge in [-0.15, -0.1) is 0 Å². The van der Waals surface area contributed by atoms with Crippen LogP contribution in [0.15, 0.2) is 36.5 Å². The van der Waals surface area contributed by atoms with E-state index in [2.05, 4.69) is 20.0 Å². The standard InChI is InChI=1S/C15H15N5O4/c1-24-15(21)11-5-6-12(20(22)23)14(18-11)17-10-8-19(9-10)13-4-2-3-7-16-13/h2-7,10H,8-9H2,1H3,(H,17,18). The van der Waals surface area contributed by atoms with Crippen molar-refractivity contribution < 1.29 is 14.5 Å². The van der Waals surface area contributed by atoms with Crippen molar-refractivity contribution in [1.29, 1.82) is 0 Å². The number of esters is 1. The number of rotatable bonds is 5. The minimum absolute atomic E-state index is 0.0199. The van der Waals surface area contributed by atoms with Gasteiger partial charge in [-0.05, 0) is 18.2 Å². The van der Waals surface area contributed by atoms with Gasteiger partial charge in [0.2, 0.25) is 5.82 Å². The Labute approximate surface area is 137 Å². The van der Waals surface area contributed by atoms with Crippen molar-refractivity contribution >= 4 is 23.3 Å². The highest BCUT2D eigenvalue weighted by Gasteiger charge is 2.30. The van der Waals surface area contributed by atoms with E-state index >= 15 is 0 Å². The van der Waals surface area contributed by atoms with Crippen LogP contribution in [0.2, 0.25) is 0 Å². The Hall–Kier alpha value is -3.23. The van der Waals surface area contributed by atoms with Gasteiger partial charge in [0.25, 0.3) is 0 Å². The third-order valence-electron chi connectivity index (χ3n) is 3.66. The van der Waals surface area contributed by atoms with E-state index in [9.17, 15) is 14.9 Å². The van der Waals surface area contributed by atoms with Crippen LogP contribution in [0, 0.1) is 10.1 Å². The van der Waals surface area contributed by atoms with Gasteiger partial charge in [0.1, 0.15) is 5.82 Å². The molecule has 0 radical (unpaired) electrons. The van der Waals surface area contributed by atoms with Crippen LogP contribution < -0.4 is 10.2 Å². The van der Waals surface area contributed by atoms with Gasteiger partial charge in [-0.25, -0.2) is 14.8 Å². The molecule has 1 N–H and O–H groups in total. The van der Waals surface area contributed by atoms with Gasteiger partial charge in [0, 0.05) is 25.4 Å². The second kappa shape index (κ2) is 6.49. The first-order chi connectivity index (χ1) is 11.6. The Morgan fingerprint density at radius 2 is 2.17 bits per heavy atom. The molecule has 1 aliphatic heterocycles. The molecule has 0 amide bonds. The molecule has 0 unspecified atom stereocenters. The van der Waals surface area contributed by atoms with Crippen molar-refractivity contribution in [2.75, 3.05) is 30.4 Å². The van der Waals surface area contributed by atoms with Crippen LogP contribution in [0.5, 0.6) is 0 Å². The molecule has 2 aromatic rings. The number of carbonyl (C=O) groups excluding carboxylic acids is 1. The highest BCUT2D eigenvalue weighted by molar-refractivity contribution is 5.88. The van der Waals surface area contributed by atoms with Crippen LogP contribution in [0.1, 0.15) is 10.5 Å². The number of aromatic nitrogens is 2. The lowest BCUT2D eigenvalue weighted by Gasteiger charge is -2.40. The van der Waals surface area contributed by atoms with Crippen molar-refractivity contribution in [3.63, 3.8) is 0 Å². The quantitative estimate of drug-likeness (QED) is 0.499. The highest BCUT2D eigenvalue weighted by Crippen LogP contribution is 2.26. The van der Waals surface area contributed by atoms with Crippen LogP contribution >= 0.6 is 0 Å². The first-order valence-electron chi connectivity index (χ1n) is 7.24. The SMILES string of the molecule is COC(=O)c1ccc([N+](=O)[O-])c(NC2CN(c3ccccn3)C2)n1. The number of ether oxygens (including phenoxy) is 1. The van der Waals surface area contributed by atoms with Gasteiger partial charge in [-0.3, -0.25) is 10.1 Å². The fraction of sp³-hybridized carbons (Fsp3) is 0.267. The van der Waals surface area contributed by atoms with Crippen LogP contribution in [0.4, 0.5) is 17.3 Å². The molecular formula is C15H15N5O4. The zero-order valence-corrected chi connectivity index (χ0v) is 12.9. The highest BCUT2D eigenvalue weighted by atomic mass is 16.6.